The average Bonchev–Trinajstić information content (AvgIpc) is 2.65. The first-order valence-corrected chi connectivity index (χ1v) is 10.1. The number of halogens is 3. The van der Waals surface area contributed by atoms with Crippen LogP contribution in [0, 0.1) is 5.82 Å². The summed E-state index contributed by atoms with van der Waals surface area (Å²) in [5, 5.41) is 6.16. The summed E-state index contributed by atoms with van der Waals surface area (Å²) in [5.41, 5.74) is 0.586. The van der Waals surface area contributed by atoms with Gasteiger partial charge in [-0.1, -0.05) is 0 Å². The van der Waals surface area contributed by atoms with Gasteiger partial charge in [0.1, 0.15) is 5.82 Å². The van der Waals surface area contributed by atoms with Crippen LogP contribution in [-0.4, -0.2) is 78.4 Å². The zero-order valence-electron chi connectivity index (χ0n) is 15.6. The summed E-state index contributed by atoms with van der Waals surface area (Å²) in [6.07, 6.45) is 0.554. The fraction of sp³-hybridized carbons (Fsp3) is 0.556. The molecule has 28 heavy (non-hydrogen) atoms. The lowest BCUT2D eigenvalue weighted by atomic mass is 10.2. The van der Waals surface area contributed by atoms with Crippen molar-refractivity contribution in [1.82, 2.24) is 15.1 Å². The van der Waals surface area contributed by atoms with Gasteiger partial charge in [-0.3, -0.25) is 14.5 Å². The zero-order valence-corrected chi connectivity index (χ0v) is 18.0. The number of hydrogen-bond donors (Lipinski definition) is 2. The summed E-state index contributed by atoms with van der Waals surface area (Å²) in [4.78, 5) is 28.5. The molecule has 0 saturated carbocycles. The molecule has 2 N–H and O–H groups in total. The third kappa shape index (κ3) is 7.75. The van der Waals surface area contributed by atoms with E-state index in [1.165, 1.54) is 12.1 Å². The van der Waals surface area contributed by atoms with Gasteiger partial charge < -0.3 is 15.5 Å². The highest BCUT2D eigenvalue weighted by atomic mass is 35.5. The van der Waals surface area contributed by atoms with E-state index in [1.54, 1.807) is 12.1 Å². The van der Waals surface area contributed by atoms with Crippen LogP contribution in [0.3, 0.4) is 0 Å². The van der Waals surface area contributed by atoms with E-state index in [4.69, 9.17) is 0 Å². The highest BCUT2D eigenvalue weighted by Crippen LogP contribution is 2.13. The summed E-state index contributed by atoms with van der Waals surface area (Å²) in [6, 6.07) is 6.00. The lowest BCUT2D eigenvalue weighted by Gasteiger charge is -2.35. The molecule has 0 aliphatic carbocycles. The summed E-state index contributed by atoms with van der Waals surface area (Å²) in [6.45, 7) is 3.94. The van der Waals surface area contributed by atoms with Gasteiger partial charge in [0.15, 0.2) is 0 Å². The number of hydrogen-bond acceptors (Lipinski definition) is 5. The van der Waals surface area contributed by atoms with Crippen LogP contribution in [-0.2, 0) is 9.59 Å². The SMILES string of the molecule is Cl.Cl.O=C(CN1CCN(C(=O)CC2CSCCN2)CC1)Nc1ccc(F)cc1. The predicted octanol–water partition coefficient (Wildman–Crippen LogP) is 1.85. The summed E-state index contributed by atoms with van der Waals surface area (Å²) in [7, 11) is 0. The third-order valence-electron chi connectivity index (χ3n) is 4.64. The molecule has 2 heterocycles. The van der Waals surface area contributed by atoms with Gasteiger partial charge in [-0.25, -0.2) is 4.39 Å². The maximum absolute atomic E-state index is 12.9. The molecule has 1 atom stereocenters. The number of carbonyl (C=O) groups is 2. The Kier molecular flexibility index (Phi) is 11.1. The molecule has 6 nitrogen and oxygen atoms in total. The Labute approximate surface area is 181 Å². The first-order chi connectivity index (χ1) is 12.6. The topological polar surface area (TPSA) is 64.7 Å². The number of anilines is 1. The van der Waals surface area contributed by atoms with E-state index in [-0.39, 0.29) is 55.0 Å². The number of rotatable bonds is 5. The van der Waals surface area contributed by atoms with Crippen LogP contribution in [0.4, 0.5) is 10.1 Å². The van der Waals surface area contributed by atoms with E-state index in [1.807, 2.05) is 21.6 Å². The minimum Gasteiger partial charge on any atom is -0.340 e. The van der Waals surface area contributed by atoms with Gasteiger partial charge in [0, 0.05) is 62.4 Å². The Morgan fingerprint density at radius 3 is 2.43 bits per heavy atom. The van der Waals surface area contributed by atoms with Gasteiger partial charge >= 0.3 is 0 Å². The van der Waals surface area contributed by atoms with Gasteiger partial charge in [0.2, 0.25) is 11.8 Å². The molecule has 1 aromatic carbocycles. The van der Waals surface area contributed by atoms with Crippen LogP contribution in [0.1, 0.15) is 6.42 Å². The Bertz CT molecular complexity index is 625. The van der Waals surface area contributed by atoms with Crippen molar-refractivity contribution in [2.75, 3.05) is 56.1 Å². The lowest BCUT2D eigenvalue weighted by molar-refractivity contribution is -0.133. The van der Waals surface area contributed by atoms with Crippen molar-refractivity contribution in [3.8, 4) is 0 Å². The number of nitrogens with zero attached hydrogens (tertiary/aromatic N) is 2. The molecule has 2 aliphatic rings. The fourth-order valence-corrected chi connectivity index (χ4v) is 4.13. The Hall–Kier alpha value is -1.06. The van der Waals surface area contributed by atoms with E-state index in [0.29, 0.717) is 38.3 Å². The number of amides is 2. The van der Waals surface area contributed by atoms with Gasteiger partial charge in [-0.05, 0) is 24.3 Å². The van der Waals surface area contributed by atoms with Crippen LogP contribution in [0.2, 0.25) is 0 Å². The summed E-state index contributed by atoms with van der Waals surface area (Å²) >= 11 is 1.89. The smallest absolute Gasteiger partial charge is 0.238 e. The van der Waals surface area contributed by atoms with E-state index in [0.717, 1.165) is 18.1 Å². The second-order valence-electron chi connectivity index (χ2n) is 6.64. The van der Waals surface area contributed by atoms with Crippen LogP contribution in [0.15, 0.2) is 24.3 Å². The van der Waals surface area contributed by atoms with Crippen LogP contribution in [0.25, 0.3) is 0 Å². The van der Waals surface area contributed by atoms with Gasteiger partial charge in [-0.15, -0.1) is 24.8 Å². The largest absolute Gasteiger partial charge is 0.340 e. The molecular formula is C18H27Cl2FN4O2S. The highest BCUT2D eigenvalue weighted by molar-refractivity contribution is 7.99. The average molecular weight is 453 g/mol. The second kappa shape index (κ2) is 12.5. The van der Waals surface area contributed by atoms with E-state index in [9.17, 15) is 14.0 Å². The Morgan fingerprint density at radius 2 is 1.82 bits per heavy atom. The standard InChI is InChI=1S/C18H25FN4O2S.2ClH/c19-14-1-3-15(4-2-14)21-17(24)12-22-6-8-23(9-7-22)18(25)11-16-13-26-10-5-20-16;;/h1-4,16,20H,5-13H2,(H,21,24);2*1H. The molecule has 2 saturated heterocycles. The predicted molar refractivity (Wildman–Crippen MR) is 116 cm³/mol. The Balaban J connectivity index is 0.00000196. The highest BCUT2D eigenvalue weighted by Gasteiger charge is 2.25. The number of carbonyl (C=O) groups excluding carboxylic acids is 2. The molecule has 158 valence electrons. The number of thioether (sulfide) groups is 1. The van der Waals surface area contributed by atoms with Crippen molar-refractivity contribution in [2.45, 2.75) is 12.5 Å². The number of piperazine rings is 1. The maximum Gasteiger partial charge on any atom is 0.238 e. The molecule has 2 fully saturated rings. The van der Waals surface area contributed by atoms with Gasteiger partial charge in [-0.2, -0.15) is 11.8 Å². The van der Waals surface area contributed by atoms with E-state index < -0.39 is 0 Å². The third-order valence-corrected chi connectivity index (χ3v) is 5.77. The lowest BCUT2D eigenvalue weighted by Crippen LogP contribution is -2.52. The molecular weight excluding hydrogens is 426 g/mol. The first kappa shape index (κ1) is 25.0. The number of nitrogens with one attached hydrogen (secondary N) is 2. The molecule has 0 spiro atoms. The van der Waals surface area contributed by atoms with E-state index in [2.05, 4.69) is 10.6 Å². The zero-order chi connectivity index (χ0) is 18.4. The molecule has 0 radical (unpaired) electrons. The maximum atomic E-state index is 12.9. The van der Waals surface area contributed by atoms with Crippen LogP contribution in [0.5, 0.6) is 0 Å². The molecule has 0 aromatic heterocycles. The van der Waals surface area contributed by atoms with Crippen molar-refractivity contribution in [1.29, 1.82) is 0 Å². The molecule has 0 bridgehead atoms. The molecule has 1 unspecified atom stereocenters. The normalized spacial score (nSPS) is 19.9. The monoisotopic (exact) mass is 452 g/mol. The summed E-state index contributed by atoms with van der Waals surface area (Å²) in [5.74, 6) is 1.85. The second-order valence-corrected chi connectivity index (χ2v) is 7.79. The molecule has 2 amide bonds. The van der Waals surface area contributed by atoms with Gasteiger partial charge in [0.25, 0.3) is 0 Å². The summed E-state index contributed by atoms with van der Waals surface area (Å²) < 4.78 is 12.9. The number of benzene rings is 1. The molecule has 2 aliphatic heterocycles. The minimum absolute atomic E-state index is 0. The van der Waals surface area contributed by atoms with Crippen molar-refractivity contribution < 1.29 is 14.0 Å². The molecule has 3 rings (SSSR count). The minimum atomic E-state index is -0.328. The van der Waals surface area contributed by atoms with E-state index >= 15 is 0 Å². The van der Waals surface area contributed by atoms with Crippen molar-refractivity contribution in [3.05, 3.63) is 30.1 Å². The Morgan fingerprint density at radius 1 is 1.14 bits per heavy atom. The van der Waals surface area contributed by atoms with Crippen molar-refractivity contribution in [3.63, 3.8) is 0 Å². The van der Waals surface area contributed by atoms with Crippen molar-refractivity contribution >= 4 is 54.1 Å². The first-order valence-electron chi connectivity index (χ1n) is 8.97. The van der Waals surface area contributed by atoms with Crippen LogP contribution >= 0.6 is 36.6 Å². The quantitative estimate of drug-likeness (QED) is 0.713. The molecule has 10 heteroatoms. The van der Waals surface area contributed by atoms with Gasteiger partial charge in [0.05, 0.1) is 6.54 Å². The molecule has 1 aromatic rings. The van der Waals surface area contributed by atoms with Crippen LogP contribution < -0.4 is 10.6 Å². The fourth-order valence-electron chi connectivity index (χ4n) is 3.18. The van der Waals surface area contributed by atoms with Crippen molar-refractivity contribution in [2.24, 2.45) is 0 Å².